The van der Waals surface area contributed by atoms with Crippen LogP contribution in [0.25, 0.3) is 6.08 Å². The lowest BCUT2D eigenvalue weighted by molar-refractivity contribution is 0.306. The Labute approximate surface area is 169 Å². The SMILES string of the molecule is N#CC(=Cc1cccc(OCc2ccccc2Cl)c1)S(=O)(=O)c1ccccc1. The summed E-state index contributed by atoms with van der Waals surface area (Å²) in [6.07, 6.45) is 1.34. The molecule has 4 nitrogen and oxygen atoms in total. The van der Waals surface area contributed by atoms with Gasteiger partial charge in [0.05, 0.1) is 4.90 Å². The molecule has 0 heterocycles. The number of hydrogen-bond acceptors (Lipinski definition) is 4. The molecule has 0 aromatic heterocycles. The molecule has 0 bridgehead atoms. The maximum Gasteiger partial charge on any atom is 0.216 e. The van der Waals surface area contributed by atoms with E-state index in [9.17, 15) is 13.7 Å². The normalized spacial score (nSPS) is 11.6. The summed E-state index contributed by atoms with van der Waals surface area (Å²) in [5, 5.41) is 10.0. The van der Waals surface area contributed by atoms with Crippen molar-refractivity contribution in [2.75, 3.05) is 0 Å². The lowest BCUT2D eigenvalue weighted by Gasteiger charge is -2.08. The van der Waals surface area contributed by atoms with E-state index in [-0.39, 0.29) is 16.4 Å². The van der Waals surface area contributed by atoms with Gasteiger partial charge in [-0.15, -0.1) is 0 Å². The molecule has 28 heavy (non-hydrogen) atoms. The lowest BCUT2D eigenvalue weighted by Crippen LogP contribution is -2.03. The molecular weight excluding hydrogens is 394 g/mol. The summed E-state index contributed by atoms with van der Waals surface area (Å²) in [6.45, 7) is 0.278. The predicted molar refractivity (Wildman–Crippen MR) is 109 cm³/mol. The van der Waals surface area contributed by atoms with Gasteiger partial charge in [-0.05, 0) is 42.0 Å². The third kappa shape index (κ3) is 4.61. The first-order valence-corrected chi connectivity index (χ1v) is 10.2. The molecule has 0 spiro atoms. The summed E-state index contributed by atoms with van der Waals surface area (Å²) in [5.41, 5.74) is 1.39. The Morgan fingerprint density at radius 2 is 1.71 bits per heavy atom. The van der Waals surface area contributed by atoms with Crippen LogP contribution in [0, 0.1) is 11.3 Å². The minimum absolute atomic E-state index is 0.0777. The molecule has 0 saturated heterocycles. The number of ether oxygens (including phenoxy) is 1. The van der Waals surface area contributed by atoms with Crippen LogP contribution in [0.1, 0.15) is 11.1 Å². The van der Waals surface area contributed by atoms with Crippen LogP contribution in [0.15, 0.2) is 88.7 Å². The minimum atomic E-state index is -3.88. The first-order chi connectivity index (χ1) is 13.5. The predicted octanol–water partition coefficient (Wildman–Crippen LogP) is 5.26. The third-order valence-corrected chi connectivity index (χ3v) is 6.01. The van der Waals surface area contributed by atoms with Crippen molar-refractivity contribution in [3.63, 3.8) is 0 Å². The molecule has 3 aromatic carbocycles. The molecule has 0 atom stereocenters. The van der Waals surface area contributed by atoms with Gasteiger partial charge in [0.25, 0.3) is 0 Å². The Morgan fingerprint density at radius 3 is 2.43 bits per heavy atom. The Morgan fingerprint density at radius 1 is 1.00 bits per heavy atom. The van der Waals surface area contributed by atoms with E-state index in [1.807, 2.05) is 18.2 Å². The Balaban J connectivity index is 1.85. The van der Waals surface area contributed by atoms with Gasteiger partial charge in [-0.1, -0.05) is 60.1 Å². The van der Waals surface area contributed by atoms with Crippen LogP contribution in [0.5, 0.6) is 5.75 Å². The molecule has 3 rings (SSSR count). The van der Waals surface area contributed by atoms with E-state index in [1.54, 1.807) is 54.6 Å². The molecule has 0 fully saturated rings. The van der Waals surface area contributed by atoms with Gasteiger partial charge in [0, 0.05) is 10.6 Å². The number of nitrogens with zero attached hydrogens (tertiary/aromatic N) is 1. The van der Waals surface area contributed by atoms with Gasteiger partial charge in [-0.2, -0.15) is 5.26 Å². The van der Waals surface area contributed by atoms with Gasteiger partial charge in [0.2, 0.25) is 9.84 Å². The van der Waals surface area contributed by atoms with E-state index in [1.165, 1.54) is 18.2 Å². The average Bonchev–Trinajstić information content (AvgIpc) is 2.72. The van der Waals surface area contributed by atoms with Crippen molar-refractivity contribution in [1.29, 1.82) is 5.26 Å². The zero-order valence-electron chi connectivity index (χ0n) is 14.7. The van der Waals surface area contributed by atoms with Crippen LogP contribution < -0.4 is 4.74 Å². The highest BCUT2D eigenvalue weighted by Crippen LogP contribution is 2.24. The van der Waals surface area contributed by atoms with E-state index in [0.29, 0.717) is 16.3 Å². The van der Waals surface area contributed by atoms with Gasteiger partial charge in [-0.3, -0.25) is 0 Å². The molecule has 0 aliphatic rings. The number of halogens is 1. The summed E-state index contributed by atoms with van der Waals surface area (Å²) in [5.74, 6) is 0.545. The quantitative estimate of drug-likeness (QED) is 0.521. The van der Waals surface area contributed by atoms with Gasteiger partial charge < -0.3 is 4.74 Å². The average molecular weight is 410 g/mol. The molecule has 0 amide bonds. The van der Waals surface area contributed by atoms with Crippen molar-refractivity contribution in [2.45, 2.75) is 11.5 Å². The maximum atomic E-state index is 12.7. The first-order valence-electron chi connectivity index (χ1n) is 8.39. The molecule has 3 aromatic rings. The number of nitriles is 1. The van der Waals surface area contributed by atoms with Crippen molar-refractivity contribution in [2.24, 2.45) is 0 Å². The van der Waals surface area contributed by atoms with Gasteiger partial charge >= 0.3 is 0 Å². The van der Waals surface area contributed by atoms with Crippen LogP contribution in [-0.4, -0.2) is 8.42 Å². The number of benzene rings is 3. The van der Waals surface area contributed by atoms with Gasteiger partial charge in [-0.25, -0.2) is 8.42 Å². The molecule has 6 heteroatoms. The highest BCUT2D eigenvalue weighted by molar-refractivity contribution is 7.95. The molecular formula is C22H16ClNO3S. The van der Waals surface area contributed by atoms with E-state index in [2.05, 4.69) is 0 Å². The van der Waals surface area contributed by atoms with Crippen LogP contribution in [0.2, 0.25) is 5.02 Å². The third-order valence-electron chi connectivity index (χ3n) is 3.96. The van der Waals surface area contributed by atoms with Crippen LogP contribution in [0.3, 0.4) is 0 Å². The molecule has 0 aliphatic heterocycles. The second kappa shape index (κ2) is 8.75. The fraction of sp³-hybridized carbons (Fsp3) is 0.0455. The largest absolute Gasteiger partial charge is 0.489 e. The van der Waals surface area contributed by atoms with E-state index < -0.39 is 9.84 Å². The van der Waals surface area contributed by atoms with E-state index in [0.717, 1.165) is 5.56 Å². The van der Waals surface area contributed by atoms with Crippen LogP contribution >= 0.6 is 11.6 Å². The van der Waals surface area contributed by atoms with E-state index in [4.69, 9.17) is 16.3 Å². The minimum Gasteiger partial charge on any atom is -0.489 e. The van der Waals surface area contributed by atoms with Crippen molar-refractivity contribution >= 4 is 27.5 Å². The molecule has 0 unspecified atom stereocenters. The van der Waals surface area contributed by atoms with Crippen molar-refractivity contribution in [3.05, 3.63) is 99.9 Å². The molecule has 0 N–H and O–H groups in total. The lowest BCUT2D eigenvalue weighted by atomic mass is 10.2. The number of sulfone groups is 1. The highest BCUT2D eigenvalue weighted by Gasteiger charge is 2.20. The van der Waals surface area contributed by atoms with Crippen molar-refractivity contribution in [3.8, 4) is 11.8 Å². The maximum absolute atomic E-state index is 12.7. The number of rotatable bonds is 6. The summed E-state index contributed by atoms with van der Waals surface area (Å²) >= 11 is 6.13. The standard InChI is InChI=1S/C22H16ClNO3S/c23-22-12-5-4-8-18(22)16-27-19-9-6-7-17(13-19)14-21(15-24)28(25,26)20-10-2-1-3-11-20/h1-14H,16H2. The summed E-state index contributed by atoms with van der Waals surface area (Å²) in [4.78, 5) is -0.254. The van der Waals surface area contributed by atoms with Crippen LogP contribution in [-0.2, 0) is 16.4 Å². The monoisotopic (exact) mass is 409 g/mol. The zero-order valence-corrected chi connectivity index (χ0v) is 16.3. The second-order valence-corrected chi connectivity index (χ2v) is 8.21. The van der Waals surface area contributed by atoms with Crippen molar-refractivity contribution < 1.29 is 13.2 Å². The summed E-state index contributed by atoms with van der Waals surface area (Å²) in [7, 11) is -3.88. The Hall–Kier alpha value is -3.07. The van der Waals surface area contributed by atoms with Gasteiger partial charge in [0.1, 0.15) is 23.3 Å². The number of hydrogen-bond donors (Lipinski definition) is 0. The fourth-order valence-electron chi connectivity index (χ4n) is 2.52. The Bertz CT molecular complexity index is 1150. The smallest absolute Gasteiger partial charge is 0.216 e. The molecule has 0 radical (unpaired) electrons. The second-order valence-electron chi connectivity index (χ2n) is 5.89. The highest BCUT2D eigenvalue weighted by atomic mass is 35.5. The fourth-order valence-corrected chi connectivity index (χ4v) is 3.89. The first kappa shape index (κ1) is 19.7. The van der Waals surface area contributed by atoms with Gasteiger partial charge in [0.15, 0.2) is 0 Å². The number of allylic oxidation sites excluding steroid dienone is 1. The zero-order chi connectivity index (χ0) is 20.0. The van der Waals surface area contributed by atoms with Crippen molar-refractivity contribution in [1.82, 2.24) is 0 Å². The topological polar surface area (TPSA) is 67.2 Å². The summed E-state index contributed by atoms with van der Waals surface area (Å²) in [6, 6.07) is 23.9. The molecule has 0 saturated carbocycles. The summed E-state index contributed by atoms with van der Waals surface area (Å²) < 4.78 is 31.1. The molecule has 140 valence electrons. The van der Waals surface area contributed by atoms with Crippen LogP contribution in [0.4, 0.5) is 0 Å². The Kier molecular flexibility index (Phi) is 6.15. The van der Waals surface area contributed by atoms with E-state index >= 15 is 0 Å². The molecule has 0 aliphatic carbocycles.